The fourth-order valence-corrected chi connectivity index (χ4v) is 4.19. The summed E-state index contributed by atoms with van der Waals surface area (Å²) in [6.07, 6.45) is 2.76. The molecule has 0 bridgehead atoms. The number of likely N-dealkylation sites (tertiary alicyclic amines) is 1. The van der Waals surface area contributed by atoms with Gasteiger partial charge in [0.05, 0.1) is 12.1 Å². The zero-order valence-corrected chi connectivity index (χ0v) is 13.1. The molecule has 1 aromatic rings. The topological polar surface area (TPSA) is 38.5 Å². The van der Waals surface area contributed by atoms with Crippen LogP contribution in [0.4, 0.5) is 0 Å². The first-order valence-corrected chi connectivity index (χ1v) is 8.16. The molecule has 0 saturated carbocycles. The van der Waals surface area contributed by atoms with Crippen molar-refractivity contribution < 1.29 is 4.74 Å². The van der Waals surface area contributed by atoms with Gasteiger partial charge in [0.2, 0.25) is 0 Å². The summed E-state index contributed by atoms with van der Waals surface area (Å²) in [6.45, 7) is 9.33. The second kappa shape index (κ2) is 6.84. The monoisotopic (exact) mass is 282 g/mol. The molecule has 2 N–H and O–H groups in total. The van der Waals surface area contributed by atoms with E-state index in [9.17, 15) is 0 Å². The summed E-state index contributed by atoms with van der Waals surface area (Å²) < 4.78 is 5.81. The molecule has 0 radical (unpaired) electrons. The van der Waals surface area contributed by atoms with Crippen LogP contribution in [0.2, 0.25) is 0 Å². The quantitative estimate of drug-likeness (QED) is 0.902. The van der Waals surface area contributed by atoms with Crippen molar-refractivity contribution in [3.05, 3.63) is 21.9 Å². The van der Waals surface area contributed by atoms with E-state index in [1.54, 1.807) is 0 Å². The van der Waals surface area contributed by atoms with E-state index in [1.807, 2.05) is 11.3 Å². The van der Waals surface area contributed by atoms with E-state index >= 15 is 0 Å². The highest BCUT2D eigenvalue weighted by Crippen LogP contribution is 2.33. The third-order valence-electron chi connectivity index (χ3n) is 3.87. The maximum absolute atomic E-state index is 6.27. The first-order valence-electron chi connectivity index (χ1n) is 7.28. The van der Waals surface area contributed by atoms with Crippen LogP contribution in [0, 0.1) is 6.92 Å². The Hall–Kier alpha value is -0.420. The summed E-state index contributed by atoms with van der Waals surface area (Å²) in [5.41, 5.74) is 7.64. The van der Waals surface area contributed by atoms with Crippen molar-refractivity contribution >= 4 is 11.3 Å². The minimum Gasteiger partial charge on any atom is -0.377 e. The lowest BCUT2D eigenvalue weighted by Gasteiger charge is -2.39. The second-order valence-electron chi connectivity index (χ2n) is 5.49. The molecule has 0 aliphatic carbocycles. The van der Waals surface area contributed by atoms with E-state index in [1.165, 1.54) is 23.3 Å². The van der Waals surface area contributed by atoms with Crippen molar-refractivity contribution in [3.63, 3.8) is 0 Å². The highest BCUT2D eigenvalue weighted by atomic mass is 32.1. The molecule has 1 aliphatic rings. The van der Waals surface area contributed by atoms with Crippen LogP contribution in [0.25, 0.3) is 0 Å². The van der Waals surface area contributed by atoms with Gasteiger partial charge in [-0.3, -0.25) is 4.90 Å². The lowest BCUT2D eigenvalue weighted by Crippen LogP contribution is -2.46. The average molecular weight is 282 g/mol. The molecule has 2 heterocycles. The number of hydrogen-bond acceptors (Lipinski definition) is 4. The van der Waals surface area contributed by atoms with Gasteiger partial charge >= 0.3 is 0 Å². The van der Waals surface area contributed by atoms with Gasteiger partial charge in [0, 0.05) is 24.1 Å². The van der Waals surface area contributed by atoms with Crippen LogP contribution in [-0.4, -0.2) is 36.7 Å². The summed E-state index contributed by atoms with van der Waals surface area (Å²) in [7, 11) is 0. The number of nitrogens with two attached hydrogens (primary N) is 1. The predicted molar refractivity (Wildman–Crippen MR) is 81.7 cm³/mol. The Bertz CT molecular complexity index is 389. The second-order valence-corrected chi connectivity index (χ2v) is 6.43. The Morgan fingerprint density at radius 3 is 2.95 bits per heavy atom. The standard InChI is InChI=1S/C15H26N2OS/c1-4-18-13-6-5-8-17(10-13)14(12(3)16)15-11(2)7-9-19-15/h7,9,12-14H,4-6,8,10,16H2,1-3H3. The molecule has 1 aliphatic heterocycles. The molecular weight excluding hydrogens is 256 g/mol. The van der Waals surface area contributed by atoms with Crippen LogP contribution >= 0.6 is 11.3 Å². The van der Waals surface area contributed by atoms with Crippen molar-refractivity contribution in [2.45, 2.75) is 51.8 Å². The summed E-state index contributed by atoms with van der Waals surface area (Å²) in [4.78, 5) is 3.94. The minimum atomic E-state index is 0.151. The van der Waals surface area contributed by atoms with E-state index in [4.69, 9.17) is 10.5 Å². The Morgan fingerprint density at radius 2 is 2.37 bits per heavy atom. The van der Waals surface area contributed by atoms with E-state index in [2.05, 4.69) is 37.1 Å². The Morgan fingerprint density at radius 1 is 1.58 bits per heavy atom. The Balaban J connectivity index is 2.13. The van der Waals surface area contributed by atoms with E-state index in [0.717, 1.165) is 19.7 Å². The molecule has 0 spiro atoms. The first kappa shape index (κ1) is 15.0. The average Bonchev–Trinajstić information content (AvgIpc) is 2.77. The van der Waals surface area contributed by atoms with Crippen molar-refractivity contribution in [2.24, 2.45) is 5.73 Å². The molecule has 0 amide bonds. The number of hydrogen-bond donors (Lipinski definition) is 1. The summed E-state index contributed by atoms with van der Waals surface area (Å²) >= 11 is 1.83. The van der Waals surface area contributed by atoms with Crippen molar-refractivity contribution in [1.29, 1.82) is 0 Å². The summed E-state index contributed by atoms with van der Waals surface area (Å²) in [5, 5.41) is 2.17. The zero-order chi connectivity index (χ0) is 13.8. The lowest BCUT2D eigenvalue weighted by molar-refractivity contribution is -0.0101. The van der Waals surface area contributed by atoms with Gasteiger partial charge in [-0.05, 0) is 57.2 Å². The van der Waals surface area contributed by atoms with Crippen LogP contribution in [0.5, 0.6) is 0 Å². The van der Waals surface area contributed by atoms with E-state index < -0.39 is 0 Å². The minimum absolute atomic E-state index is 0.151. The van der Waals surface area contributed by atoms with Gasteiger partial charge in [-0.25, -0.2) is 0 Å². The van der Waals surface area contributed by atoms with Gasteiger partial charge in [0.15, 0.2) is 0 Å². The van der Waals surface area contributed by atoms with Gasteiger partial charge in [-0.1, -0.05) is 0 Å². The summed E-state index contributed by atoms with van der Waals surface area (Å²) in [6, 6.07) is 2.68. The van der Waals surface area contributed by atoms with Crippen LogP contribution < -0.4 is 5.73 Å². The third-order valence-corrected chi connectivity index (χ3v) is 4.96. The molecule has 3 nitrogen and oxygen atoms in total. The van der Waals surface area contributed by atoms with Crippen molar-refractivity contribution in [3.8, 4) is 0 Å². The highest BCUT2D eigenvalue weighted by Gasteiger charge is 2.30. The number of aryl methyl sites for hydroxylation is 1. The van der Waals surface area contributed by atoms with Gasteiger partial charge in [-0.2, -0.15) is 0 Å². The van der Waals surface area contributed by atoms with Crippen molar-refractivity contribution in [2.75, 3.05) is 19.7 Å². The van der Waals surface area contributed by atoms with E-state index in [0.29, 0.717) is 12.1 Å². The number of piperidine rings is 1. The fraction of sp³-hybridized carbons (Fsp3) is 0.733. The first-order chi connectivity index (χ1) is 9.13. The molecule has 2 rings (SSSR count). The number of thiophene rings is 1. The number of rotatable bonds is 5. The summed E-state index contributed by atoms with van der Waals surface area (Å²) in [5.74, 6) is 0. The van der Waals surface area contributed by atoms with Crippen LogP contribution in [-0.2, 0) is 4.74 Å². The molecule has 3 unspecified atom stereocenters. The fourth-order valence-electron chi connectivity index (χ4n) is 3.02. The van der Waals surface area contributed by atoms with Crippen LogP contribution in [0.15, 0.2) is 11.4 Å². The largest absolute Gasteiger partial charge is 0.377 e. The molecule has 1 aromatic heterocycles. The van der Waals surface area contributed by atoms with Crippen LogP contribution in [0.1, 0.15) is 43.2 Å². The van der Waals surface area contributed by atoms with Gasteiger partial charge in [0.25, 0.3) is 0 Å². The smallest absolute Gasteiger partial charge is 0.0702 e. The molecule has 1 fully saturated rings. The molecule has 3 atom stereocenters. The van der Waals surface area contributed by atoms with Crippen molar-refractivity contribution in [1.82, 2.24) is 4.90 Å². The van der Waals surface area contributed by atoms with E-state index in [-0.39, 0.29) is 6.04 Å². The number of ether oxygens (including phenoxy) is 1. The SMILES string of the molecule is CCOC1CCCN(C(c2sccc2C)C(C)N)C1. The molecule has 1 saturated heterocycles. The van der Waals surface area contributed by atoms with Crippen LogP contribution in [0.3, 0.4) is 0 Å². The van der Waals surface area contributed by atoms with Gasteiger partial charge < -0.3 is 10.5 Å². The van der Waals surface area contributed by atoms with Gasteiger partial charge in [0.1, 0.15) is 0 Å². The molecular formula is C15H26N2OS. The van der Waals surface area contributed by atoms with Gasteiger partial charge in [-0.15, -0.1) is 11.3 Å². The third kappa shape index (κ3) is 3.57. The zero-order valence-electron chi connectivity index (χ0n) is 12.3. The number of nitrogens with zero attached hydrogens (tertiary/aromatic N) is 1. The highest BCUT2D eigenvalue weighted by molar-refractivity contribution is 7.10. The predicted octanol–water partition coefficient (Wildman–Crippen LogP) is 2.95. The maximum atomic E-state index is 6.27. The Kier molecular flexibility index (Phi) is 5.39. The molecule has 4 heteroatoms. The molecule has 0 aromatic carbocycles. The molecule has 19 heavy (non-hydrogen) atoms. The maximum Gasteiger partial charge on any atom is 0.0702 e. The normalized spacial score (nSPS) is 24.3. The Labute approximate surface area is 120 Å². The molecule has 108 valence electrons. The lowest BCUT2D eigenvalue weighted by atomic mass is 9.99.